The van der Waals surface area contributed by atoms with Crippen LogP contribution in [0.25, 0.3) is 0 Å². The molecule has 2 aromatic rings. The van der Waals surface area contributed by atoms with Crippen LogP contribution in [0.15, 0.2) is 30.6 Å². The summed E-state index contributed by atoms with van der Waals surface area (Å²) < 4.78 is 19.0. The number of nitrogens with zero attached hydrogens (tertiary/aromatic N) is 3. The molecule has 0 unspecified atom stereocenters. The maximum Gasteiger partial charge on any atom is 0.268 e. The van der Waals surface area contributed by atoms with E-state index >= 15 is 0 Å². The molecule has 2 N–H and O–H groups in total. The van der Waals surface area contributed by atoms with Gasteiger partial charge >= 0.3 is 0 Å². The standard InChI is InChI=1S/C15H15FN4O2/c1-9-2-3-10(16)4-13(9)22-11-7-20(8-11)14-6-18-12(5-19-14)15(17)21/h2-6,11H,7-8H2,1H3,(H2,17,21). The van der Waals surface area contributed by atoms with Crippen LogP contribution < -0.4 is 15.4 Å². The van der Waals surface area contributed by atoms with Crippen molar-refractivity contribution in [2.75, 3.05) is 18.0 Å². The molecule has 0 atom stereocenters. The summed E-state index contributed by atoms with van der Waals surface area (Å²) in [6.07, 6.45) is 2.82. The van der Waals surface area contributed by atoms with E-state index in [0.717, 1.165) is 5.56 Å². The average molecular weight is 302 g/mol. The van der Waals surface area contributed by atoms with Gasteiger partial charge in [0.1, 0.15) is 29.2 Å². The van der Waals surface area contributed by atoms with Gasteiger partial charge in [0, 0.05) is 6.07 Å². The van der Waals surface area contributed by atoms with Crippen LogP contribution in [0.5, 0.6) is 5.75 Å². The first-order chi connectivity index (χ1) is 10.5. The Morgan fingerprint density at radius 1 is 1.36 bits per heavy atom. The Morgan fingerprint density at radius 2 is 2.14 bits per heavy atom. The van der Waals surface area contributed by atoms with Crippen molar-refractivity contribution in [1.29, 1.82) is 0 Å². The molecule has 114 valence electrons. The molecule has 22 heavy (non-hydrogen) atoms. The lowest BCUT2D eigenvalue weighted by Gasteiger charge is -2.39. The zero-order valence-electron chi connectivity index (χ0n) is 12.0. The highest BCUT2D eigenvalue weighted by atomic mass is 19.1. The number of carbonyl (C=O) groups excluding carboxylic acids is 1. The van der Waals surface area contributed by atoms with E-state index in [1.54, 1.807) is 6.07 Å². The molecule has 1 aliphatic rings. The van der Waals surface area contributed by atoms with Gasteiger partial charge in [-0.1, -0.05) is 6.07 Å². The van der Waals surface area contributed by atoms with Gasteiger partial charge < -0.3 is 15.4 Å². The Hall–Kier alpha value is -2.70. The summed E-state index contributed by atoms with van der Waals surface area (Å²) in [4.78, 5) is 21.0. The van der Waals surface area contributed by atoms with Gasteiger partial charge in [-0.25, -0.2) is 14.4 Å². The molecule has 1 fully saturated rings. The maximum atomic E-state index is 13.2. The van der Waals surface area contributed by atoms with Gasteiger partial charge in [-0.05, 0) is 18.6 Å². The SMILES string of the molecule is Cc1ccc(F)cc1OC1CN(c2cnc(C(N)=O)cn2)C1. The molecule has 0 radical (unpaired) electrons. The summed E-state index contributed by atoms with van der Waals surface area (Å²) in [5.41, 5.74) is 6.14. The molecular formula is C15H15FN4O2. The topological polar surface area (TPSA) is 81.3 Å². The smallest absolute Gasteiger partial charge is 0.268 e. The monoisotopic (exact) mass is 302 g/mol. The van der Waals surface area contributed by atoms with Crippen molar-refractivity contribution < 1.29 is 13.9 Å². The first-order valence-corrected chi connectivity index (χ1v) is 6.82. The van der Waals surface area contributed by atoms with E-state index < -0.39 is 5.91 Å². The van der Waals surface area contributed by atoms with E-state index in [-0.39, 0.29) is 17.6 Å². The van der Waals surface area contributed by atoms with E-state index in [4.69, 9.17) is 10.5 Å². The molecule has 7 heteroatoms. The summed E-state index contributed by atoms with van der Waals surface area (Å²) in [5.74, 6) is 0.288. The fourth-order valence-electron chi connectivity index (χ4n) is 2.19. The third-order valence-corrected chi connectivity index (χ3v) is 3.51. The zero-order chi connectivity index (χ0) is 15.7. The van der Waals surface area contributed by atoms with Gasteiger partial charge in [0.05, 0.1) is 25.5 Å². The molecule has 1 aromatic carbocycles. The first kappa shape index (κ1) is 14.2. The minimum absolute atomic E-state index is 0.0295. The summed E-state index contributed by atoms with van der Waals surface area (Å²) in [6, 6.07) is 4.49. The Kier molecular flexibility index (Phi) is 3.62. The lowest BCUT2D eigenvalue weighted by Crippen LogP contribution is -2.54. The van der Waals surface area contributed by atoms with Gasteiger partial charge in [0.25, 0.3) is 5.91 Å². The summed E-state index contributed by atoms with van der Waals surface area (Å²) in [7, 11) is 0. The highest BCUT2D eigenvalue weighted by Crippen LogP contribution is 2.25. The van der Waals surface area contributed by atoms with Crippen LogP contribution >= 0.6 is 0 Å². The molecule has 0 saturated carbocycles. The molecule has 0 spiro atoms. The molecule has 1 aromatic heterocycles. The van der Waals surface area contributed by atoms with Crippen molar-refractivity contribution in [2.45, 2.75) is 13.0 Å². The first-order valence-electron chi connectivity index (χ1n) is 6.82. The van der Waals surface area contributed by atoms with Crippen LogP contribution in [-0.4, -0.2) is 35.1 Å². The van der Waals surface area contributed by atoms with Gasteiger partial charge in [-0.2, -0.15) is 0 Å². The van der Waals surface area contributed by atoms with Crippen LogP contribution in [0, 0.1) is 12.7 Å². The molecule has 1 aliphatic heterocycles. The number of ether oxygens (including phenoxy) is 1. The van der Waals surface area contributed by atoms with Crippen molar-refractivity contribution in [3.63, 3.8) is 0 Å². The molecule has 2 heterocycles. The van der Waals surface area contributed by atoms with Crippen molar-refractivity contribution in [3.8, 4) is 5.75 Å². The maximum absolute atomic E-state index is 13.2. The number of rotatable bonds is 4. The molecule has 1 amide bonds. The van der Waals surface area contributed by atoms with Crippen LogP contribution in [0.4, 0.5) is 10.2 Å². The highest BCUT2D eigenvalue weighted by Gasteiger charge is 2.30. The number of nitrogens with two attached hydrogens (primary N) is 1. The van der Waals surface area contributed by atoms with E-state index in [1.165, 1.54) is 24.5 Å². The van der Waals surface area contributed by atoms with Gasteiger partial charge in [0.15, 0.2) is 0 Å². The van der Waals surface area contributed by atoms with E-state index in [0.29, 0.717) is 24.7 Å². The van der Waals surface area contributed by atoms with Crippen LogP contribution in [0.3, 0.4) is 0 Å². The molecule has 1 saturated heterocycles. The summed E-state index contributed by atoms with van der Waals surface area (Å²) in [5, 5.41) is 0. The fraction of sp³-hybridized carbons (Fsp3) is 0.267. The molecule has 6 nitrogen and oxygen atoms in total. The third-order valence-electron chi connectivity index (χ3n) is 3.51. The Bertz CT molecular complexity index is 699. The lowest BCUT2D eigenvalue weighted by molar-refractivity contribution is 0.0995. The Morgan fingerprint density at radius 3 is 2.77 bits per heavy atom. The molecule has 3 rings (SSSR count). The second-order valence-corrected chi connectivity index (χ2v) is 5.18. The number of amides is 1. The van der Waals surface area contributed by atoms with Crippen molar-refractivity contribution in [3.05, 3.63) is 47.7 Å². The van der Waals surface area contributed by atoms with E-state index in [2.05, 4.69) is 9.97 Å². The number of anilines is 1. The fourth-order valence-corrected chi connectivity index (χ4v) is 2.19. The van der Waals surface area contributed by atoms with Crippen molar-refractivity contribution >= 4 is 11.7 Å². The van der Waals surface area contributed by atoms with Crippen LogP contribution in [-0.2, 0) is 0 Å². The lowest BCUT2D eigenvalue weighted by atomic mass is 10.1. The number of primary amides is 1. The quantitative estimate of drug-likeness (QED) is 0.920. The third kappa shape index (κ3) is 2.83. The number of halogens is 1. The second-order valence-electron chi connectivity index (χ2n) is 5.18. The molecular weight excluding hydrogens is 287 g/mol. The minimum atomic E-state index is -0.606. The minimum Gasteiger partial charge on any atom is -0.486 e. The number of aromatic nitrogens is 2. The predicted octanol–water partition coefficient (Wildman–Crippen LogP) is 1.29. The zero-order valence-corrected chi connectivity index (χ0v) is 12.0. The number of hydrogen-bond donors (Lipinski definition) is 1. The number of benzene rings is 1. The summed E-state index contributed by atoms with van der Waals surface area (Å²) in [6.45, 7) is 3.13. The van der Waals surface area contributed by atoms with Crippen LogP contribution in [0.2, 0.25) is 0 Å². The number of carbonyl (C=O) groups is 1. The highest BCUT2D eigenvalue weighted by molar-refractivity contribution is 5.90. The van der Waals surface area contributed by atoms with Crippen molar-refractivity contribution in [2.24, 2.45) is 5.73 Å². The van der Waals surface area contributed by atoms with E-state index in [1.807, 2.05) is 11.8 Å². The molecule has 0 bridgehead atoms. The second kappa shape index (κ2) is 5.59. The number of hydrogen-bond acceptors (Lipinski definition) is 5. The van der Waals surface area contributed by atoms with Crippen LogP contribution in [0.1, 0.15) is 16.1 Å². The largest absolute Gasteiger partial charge is 0.486 e. The Balaban J connectivity index is 1.60. The summed E-state index contributed by atoms with van der Waals surface area (Å²) >= 11 is 0. The Labute approximate surface area is 126 Å². The van der Waals surface area contributed by atoms with Gasteiger partial charge in [0.2, 0.25) is 0 Å². The number of aryl methyl sites for hydroxylation is 1. The normalized spacial score (nSPS) is 14.5. The van der Waals surface area contributed by atoms with E-state index in [9.17, 15) is 9.18 Å². The van der Waals surface area contributed by atoms with Crippen molar-refractivity contribution in [1.82, 2.24) is 9.97 Å². The average Bonchev–Trinajstić information content (AvgIpc) is 2.46. The van der Waals surface area contributed by atoms with Gasteiger partial charge in [-0.3, -0.25) is 4.79 Å². The predicted molar refractivity (Wildman–Crippen MR) is 78.3 cm³/mol. The molecule has 0 aliphatic carbocycles. The van der Waals surface area contributed by atoms with Gasteiger partial charge in [-0.15, -0.1) is 0 Å².